The second-order valence-electron chi connectivity index (χ2n) is 10.4. The highest BCUT2D eigenvalue weighted by molar-refractivity contribution is 5.88. The lowest BCUT2D eigenvalue weighted by Gasteiger charge is -2.18. The first kappa shape index (κ1) is 36.8. The maximum atomic E-state index is 12.5. The number of carbonyl (C=O) groups is 3. The number of aryl methyl sites for hydroxylation is 1. The van der Waals surface area contributed by atoms with Crippen LogP contribution in [0, 0.1) is 6.92 Å². The van der Waals surface area contributed by atoms with Crippen LogP contribution in [0.5, 0.6) is 0 Å². The molecule has 1 aromatic heterocycles. The van der Waals surface area contributed by atoms with Crippen LogP contribution in [0.25, 0.3) is 10.8 Å². The number of aliphatic hydroxyl groups excluding tert-OH is 3. The molecule has 0 saturated carbocycles. The fourth-order valence-corrected chi connectivity index (χ4v) is 4.42. The Morgan fingerprint density at radius 1 is 0.667 bits per heavy atom. The van der Waals surface area contributed by atoms with Crippen LogP contribution in [0.1, 0.15) is 42.9 Å². The van der Waals surface area contributed by atoms with Gasteiger partial charge in [0.1, 0.15) is 18.3 Å². The molecular formula is C36H35NO11. The minimum atomic E-state index is -1.26. The molecule has 0 aliphatic carbocycles. The van der Waals surface area contributed by atoms with E-state index >= 15 is 0 Å². The molecular weight excluding hydrogens is 622 g/mol. The van der Waals surface area contributed by atoms with Gasteiger partial charge in [0, 0.05) is 11.6 Å². The van der Waals surface area contributed by atoms with Crippen molar-refractivity contribution < 1.29 is 49.8 Å². The number of carboxylic acid groups (broad SMARTS) is 3. The summed E-state index contributed by atoms with van der Waals surface area (Å²) in [6, 6.07) is 32.2. The highest BCUT2D eigenvalue weighted by Crippen LogP contribution is 2.28. The van der Waals surface area contributed by atoms with Gasteiger partial charge < -0.3 is 35.4 Å². The van der Waals surface area contributed by atoms with E-state index in [4.69, 9.17) is 25.2 Å². The van der Waals surface area contributed by atoms with Gasteiger partial charge >= 0.3 is 17.9 Å². The molecule has 250 valence electrons. The monoisotopic (exact) mass is 657 g/mol. The van der Waals surface area contributed by atoms with Crippen LogP contribution in [-0.2, 0) is 4.74 Å². The van der Waals surface area contributed by atoms with E-state index in [9.17, 15) is 29.4 Å². The molecule has 6 N–H and O–H groups in total. The van der Waals surface area contributed by atoms with E-state index in [-0.39, 0.29) is 5.56 Å². The maximum Gasteiger partial charge on any atom is 0.335 e. The summed E-state index contributed by atoms with van der Waals surface area (Å²) in [4.78, 5) is 43.1. The Balaban J connectivity index is 0.000000193. The smallest absolute Gasteiger partial charge is 0.335 e. The molecule has 0 amide bonds. The zero-order valence-corrected chi connectivity index (χ0v) is 25.7. The highest BCUT2D eigenvalue weighted by Gasteiger charge is 2.43. The van der Waals surface area contributed by atoms with Crippen molar-refractivity contribution >= 4 is 28.7 Å². The summed E-state index contributed by atoms with van der Waals surface area (Å²) in [5, 5.41) is 55.4. The van der Waals surface area contributed by atoms with Crippen molar-refractivity contribution in [2.75, 3.05) is 6.61 Å². The summed E-state index contributed by atoms with van der Waals surface area (Å²) in [6.45, 7) is 1.47. The molecule has 12 heteroatoms. The summed E-state index contributed by atoms with van der Waals surface area (Å²) in [7, 11) is 0. The van der Waals surface area contributed by atoms with Crippen LogP contribution in [-0.4, -0.2) is 78.0 Å². The Kier molecular flexibility index (Phi) is 13.7. The van der Waals surface area contributed by atoms with E-state index in [1.54, 1.807) is 103 Å². The number of aromatic carboxylic acids is 3. The minimum absolute atomic E-state index is 0.300. The number of hydrogen-bond acceptors (Lipinski definition) is 8. The molecule has 0 spiro atoms. The third-order valence-electron chi connectivity index (χ3n) is 6.94. The zero-order valence-electron chi connectivity index (χ0n) is 25.7. The molecule has 0 unspecified atom stereocenters. The zero-order chi connectivity index (χ0) is 35.2. The fraction of sp³-hybridized carbons (Fsp3) is 0.167. The molecule has 4 atom stereocenters. The van der Waals surface area contributed by atoms with Gasteiger partial charge in [-0.25, -0.2) is 14.4 Å². The molecule has 0 radical (unpaired) electrons. The number of pyridine rings is 1. The van der Waals surface area contributed by atoms with Gasteiger partial charge in [0.25, 0.3) is 5.56 Å². The lowest BCUT2D eigenvalue weighted by atomic mass is 10.1. The molecule has 1 aliphatic rings. The summed E-state index contributed by atoms with van der Waals surface area (Å²) in [5.41, 5.74) is 1.65. The Bertz CT molecular complexity index is 1730. The van der Waals surface area contributed by atoms with Gasteiger partial charge in [-0.15, -0.1) is 0 Å². The fourth-order valence-electron chi connectivity index (χ4n) is 4.42. The van der Waals surface area contributed by atoms with E-state index in [1.807, 2.05) is 19.1 Å². The van der Waals surface area contributed by atoms with Gasteiger partial charge in [-0.05, 0) is 60.8 Å². The lowest BCUT2D eigenvalue weighted by Crippen LogP contribution is -2.35. The van der Waals surface area contributed by atoms with Crippen molar-refractivity contribution in [3.05, 3.63) is 154 Å². The Morgan fingerprint density at radius 2 is 1.10 bits per heavy atom. The highest BCUT2D eigenvalue weighted by atomic mass is 16.6. The van der Waals surface area contributed by atoms with E-state index < -0.39 is 49.1 Å². The van der Waals surface area contributed by atoms with Gasteiger partial charge in [-0.1, -0.05) is 72.3 Å². The first-order valence-electron chi connectivity index (χ1n) is 14.5. The number of benzene rings is 4. The van der Waals surface area contributed by atoms with Gasteiger partial charge in [0.15, 0.2) is 6.23 Å². The second-order valence-corrected chi connectivity index (χ2v) is 10.4. The number of aromatic nitrogens is 1. The summed E-state index contributed by atoms with van der Waals surface area (Å²) in [6.07, 6.45) is -2.86. The van der Waals surface area contributed by atoms with Crippen LogP contribution in [0.4, 0.5) is 0 Å². The third kappa shape index (κ3) is 10.2. The van der Waals surface area contributed by atoms with E-state index in [2.05, 4.69) is 0 Å². The molecule has 1 aliphatic heterocycles. The van der Waals surface area contributed by atoms with E-state index in [0.29, 0.717) is 22.1 Å². The molecule has 6 rings (SSSR count). The predicted molar refractivity (Wildman–Crippen MR) is 176 cm³/mol. The lowest BCUT2D eigenvalue weighted by molar-refractivity contribution is -0.0541. The number of rotatable bonds is 5. The van der Waals surface area contributed by atoms with Crippen LogP contribution in [0.15, 0.2) is 126 Å². The first-order chi connectivity index (χ1) is 22.9. The summed E-state index contributed by atoms with van der Waals surface area (Å²) < 4.78 is 6.65. The van der Waals surface area contributed by atoms with Crippen molar-refractivity contribution in [3.8, 4) is 0 Å². The number of fused-ring (bicyclic) bond motifs is 1. The largest absolute Gasteiger partial charge is 0.478 e. The third-order valence-corrected chi connectivity index (χ3v) is 6.94. The average Bonchev–Trinajstić information content (AvgIpc) is 3.39. The van der Waals surface area contributed by atoms with E-state index in [1.165, 1.54) is 10.8 Å². The maximum absolute atomic E-state index is 12.5. The molecule has 5 aromatic rings. The normalized spacial score (nSPS) is 17.8. The number of aliphatic hydroxyl groups is 3. The van der Waals surface area contributed by atoms with Gasteiger partial charge in [-0.2, -0.15) is 0 Å². The van der Waals surface area contributed by atoms with Crippen molar-refractivity contribution in [1.82, 2.24) is 4.57 Å². The van der Waals surface area contributed by atoms with Crippen LogP contribution < -0.4 is 5.56 Å². The Labute approximate surface area is 275 Å². The predicted octanol–water partition coefficient (Wildman–Crippen LogP) is 4.08. The van der Waals surface area contributed by atoms with Crippen LogP contribution in [0.3, 0.4) is 0 Å². The van der Waals surface area contributed by atoms with Crippen molar-refractivity contribution in [2.24, 2.45) is 0 Å². The minimum Gasteiger partial charge on any atom is -0.478 e. The molecule has 1 saturated heterocycles. The number of nitrogens with zero attached hydrogens (tertiary/aromatic N) is 1. The summed E-state index contributed by atoms with van der Waals surface area (Å²) >= 11 is 0. The quantitative estimate of drug-likeness (QED) is 0.159. The first-order valence-corrected chi connectivity index (χ1v) is 14.5. The van der Waals surface area contributed by atoms with Gasteiger partial charge in [0.2, 0.25) is 0 Å². The number of ether oxygens (including phenoxy) is 1. The molecule has 48 heavy (non-hydrogen) atoms. The van der Waals surface area contributed by atoms with Crippen molar-refractivity contribution in [3.63, 3.8) is 0 Å². The van der Waals surface area contributed by atoms with Gasteiger partial charge in [0.05, 0.1) is 23.3 Å². The van der Waals surface area contributed by atoms with Crippen molar-refractivity contribution in [2.45, 2.75) is 31.5 Å². The SMILES string of the molecule is Cc1ccc2ccn([C@@H]3O[C@H](CO)[C@@H](O)[C@H]3O)c(=O)c2c1.O=C(O)c1ccccc1.O=C(O)c1ccccc1.O=C(O)c1ccccc1. The van der Waals surface area contributed by atoms with E-state index in [0.717, 1.165) is 10.9 Å². The molecule has 2 heterocycles. The standard InChI is InChI=1S/C15H17NO5.3C7H6O2/c1-8-2-3-9-4-5-16(14(20)10(9)6-8)15-13(19)12(18)11(7-17)21-15;3*8-7(9)6-4-2-1-3-5-6/h2-6,11-13,15,17-19H,7H2,1H3;3*1-5H,(H,8,9)/t11-,12-,13-,15-;;;/m1.../s1. The summed E-state index contributed by atoms with van der Waals surface area (Å²) in [5.74, 6) is -2.64. The second kappa shape index (κ2) is 17.9. The molecule has 4 aromatic carbocycles. The van der Waals surface area contributed by atoms with Crippen molar-refractivity contribution in [1.29, 1.82) is 0 Å². The van der Waals surface area contributed by atoms with Gasteiger partial charge in [-0.3, -0.25) is 9.36 Å². The molecule has 0 bridgehead atoms. The number of carboxylic acids is 3. The van der Waals surface area contributed by atoms with Crippen LogP contribution in [0.2, 0.25) is 0 Å². The number of hydrogen-bond donors (Lipinski definition) is 6. The Morgan fingerprint density at radius 3 is 1.46 bits per heavy atom. The topological polar surface area (TPSA) is 204 Å². The average molecular weight is 658 g/mol. The van der Waals surface area contributed by atoms with Crippen LogP contribution >= 0.6 is 0 Å². The Hall–Kier alpha value is -5.66. The molecule has 1 fully saturated rings. The molecule has 12 nitrogen and oxygen atoms in total.